The first-order valence-corrected chi connectivity index (χ1v) is 7.14. The molecule has 3 heteroatoms. The second-order valence-corrected chi connectivity index (χ2v) is 4.69. The summed E-state index contributed by atoms with van der Waals surface area (Å²) in [7, 11) is 0. The number of rotatable bonds is 11. The number of carboxylic acid groups (broad SMARTS) is 1. The summed E-state index contributed by atoms with van der Waals surface area (Å²) in [5.74, 6) is -0.725. The van der Waals surface area contributed by atoms with E-state index in [1.54, 1.807) is 0 Å². The molecule has 2 nitrogen and oxygen atoms in total. The Hall–Kier alpha value is 0.470. The average Bonchev–Trinajstić information content (AvgIpc) is 2.31. The zero-order chi connectivity index (χ0) is 12.9. The van der Waals surface area contributed by atoms with E-state index in [1.807, 2.05) is 6.08 Å². The largest absolute Gasteiger partial charge is 2.00 e. The minimum absolute atomic E-state index is 0. The number of unbranched alkanes of at least 4 members (excludes halogenated alkanes) is 7. The SMILES string of the molecule is CCCCCCC=C(CCCCCC)C(=O)O.[Ca+2].[H-].[H-]. The van der Waals surface area contributed by atoms with Gasteiger partial charge in [-0.25, -0.2) is 4.79 Å². The average molecular weight is 282 g/mol. The fraction of sp³-hybridized carbons (Fsp3) is 0.800. The van der Waals surface area contributed by atoms with Gasteiger partial charge in [0, 0.05) is 5.57 Å². The van der Waals surface area contributed by atoms with Gasteiger partial charge < -0.3 is 7.96 Å². The Balaban J connectivity index is -0.000000427. The van der Waals surface area contributed by atoms with Crippen molar-refractivity contribution in [2.24, 2.45) is 0 Å². The van der Waals surface area contributed by atoms with Crippen LogP contribution < -0.4 is 0 Å². The van der Waals surface area contributed by atoms with Crippen molar-refractivity contribution in [1.82, 2.24) is 0 Å². The summed E-state index contributed by atoms with van der Waals surface area (Å²) in [4.78, 5) is 11.0. The zero-order valence-electron chi connectivity index (χ0n) is 14.2. The number of hydrogen-bond donors (Lipinski definition) is 1. The van der Waals surface area contributed by atoms with Crippen LogP contribution in [0.25, 0.3) is 0 Å². The molecule has 0 unspecified atom stereocenters. The number of carbonyl (C=O) groups is 1. The molecule has 0 aromatic heterocycles. The summed E-state index contributed by atoms with van der Waals surface area (Å²) < 4.78 is 0. The molecule has 0 saturated carbocycles. The van der Waals surface area contributed by atoms with Crippen LogP contribution >= 0.6 is 0 Å². The molecule has 0 bridgehead atoms. The van der Waals surface area contributed by atoms with Crippen LogP contribution in [0.3, 0.4) is 0 Å². The van der Waals surface area contributed by atoms with Gasteiger partial charge in [-0.3, -0.25) is 0 Å². The summed E-state index contributed by atoms with van der Waals surface area (Å²) in [5, 5.41) is 9.06. The van der Waals surface area contributed by atoms with Crippen LogP contribution in [0.1, 0.15) is 80.9 Å². The zero-order valence-corrected chi connectivity index (χ0v) is 14.4. The van der Waals surface area contributed by atoms with Crippen LogP contribution in [0.15, 0.2) is 11.6 Å². The Morgan fingerprint density at radius 1 is 1.00 bits per heavy atom. The molecule has 0 rings (SSSR count). The first-order chi connectivity index (χ1) is 8.22. The summed E-state index contributed by atoms with van der Waals surface area (Å²) in [6.45, 7) is 4.36. The van der Waals surface area contributed by atoms with Crippen LogP contribution in [0.2, 0.25) is 0 Å². The first kappa shape index (κ1) is 20.8. The van der Waals surface area contributed by atoms with E-state index in [2.05, 4.69) is 13.8 Å². The molecule has 0 saturated heterocycles. The quantitative estimate of drug-likeness (QED) is 0.336. The standard InChI is InChI=1S/C15H28O2.Ca.2H/c1-3-5-7-9-11-13-14(15(16)17)12-10-8-6-4-2;;;/h13H,3-12H2,1-2H3,(H,16,17);;;/q;+2;2*-1. The van der Waals surface area contributed by atoms with Crippen LogP contribution in [0.5, 0.6) is 0 Å². The molecule has 0 atom stereocenters. The third-order valence-electron chi connectivity index (χ3n) is 3.02. The Labute approximate surface area is 145 Å². The van der Waals surface area contributed by atoms with Gasteiger partial charge in [0.2, 0.25) is 0 Å². The fourth-order valence-corrected chi connectivity index (χ4v) is 1.89. The molecule has 0 aromatic carbocycles. The summed E-state index contributed by atoms with van der Waals surface area (Å²) in [5.41, 5.74) is 0.623. The van der Waals surface area contributed by atoms with E-state index < -0.39 is 5.97 Å². The second-order valence-electron chi connectivity index (χ2n) is 4.69. The Morgan fingerprint density at radius 3 is 2.06 bits per heavy atom. The van der Waals surface area contributed by atoms with Gasteiger partial charge in [0.15, 0.2) is 0 Å². The smallest absolute Gasteiger partial charge is 1.00 e. The van der Waals surface area contributed by atoms with E-state index >= 15 is 0 Å². The topological polar surface area (TPSA) is 37.3 Å². The molecule has 0 aliphatic heterocycles. The van der Waals surface area contributed by atoms with Gasteiger partial charge in [-0.05, 0) is 25.7 Å². The maximum Gasteiger partial charge on any atom is 2.00 e. The molecule has 0 radical (unpaired) electrons. The van der Waals surface area contributed by atoms with E-state index in [4.69, 9.17) is 5.11 Å². The van der Waals surface area contributed by atoms with Crippen molar-refractivity contribution >= 4 is 43.7 Å². The summed E-state index contributed by atoms with van der Waals surface area (Å²) in [6.07, 6.45) is 13.0. The molecule has 0 heterocycles. The maximum absolute atomic E-state index is 11.0. The first-order valence-electron chi connectivity index (χ1n) is 7.14. The third kappa shape index (κ3) is 12.9. The van der Waals surface area contributed by atoms with E-state index in [1.165, 1.54) is 32.1 Å². The van der Waals surface area contributed by atoms with Crippen LogP contribution in [0.4, 0.5) is 0 Å². The molecular formula is C15H30CaO2. The monoisotopic (exact) mass is 282 g/mol. The molecule has 18 heavy (non-hydrogen) atoms. The predicted molar refractivity (Wildman–Crippen MR) is 81.2 cm³/mol. The molecule has 1 N–H and O–H groups in total. The maximum atomic E-state index is 11.0. The molecule has 0 spiro atoms. The molecule has 0 fully saturated rings. The van der Waals surface area contributed by atoms with Crippen molar-refractivity contribution in [1.29, 1.82) is 0 Å². The van der Waals surface area contributed by atoms with E-state index in [9.17, 15) is 4.79 Å². The van der Waals surface area contributed by atoms with Crippen molar-refractivity contribution < 1.29 is 12.8 Å². The third-order valence-corrected chi connectivity index (χ3v) is 3.02. The predicted octanol–water partition coefficient (Wildman–Crippen LogP) is 4.78. The van der Waals surface area contributed by atoms with Crippen molar-refractivity contribution in [2.75, 3.05) is 0 Å². The van der Waals surface area contributed by atoms with Crippen molar-refractivity contribution in [3.8, 4) is 0 Å². The van der Waals surface area contributed by atoms with Crippen LogP contribution in [-0.2, 0) is 4.79 Å². The summed E-state index contributed by atoms with van der Waals surface area (Å²) in [6, 6.07) is 0. The minimum Gasteiger partial charge on any atom is -1.00 e. The van der Waals surface area contributed by atoms with Gasteiger partial charge >= 0.3 is 43.7 Å². The molecule has 0 aliphatic carbocycles. The number of hydrogen-bond acceptors (Lipinski definition) is 1. The van der Waals surface area contributed by atoms with E-state index in [0.29, 0.717) is 5.57 Å². The molecular weight excluding hydrogens is 252 g/mol. The molecule has 104 valence electrons. The van der Waals surface area contributed by atoms with Crippen molar-refractivity contribution in [2.45, 2.75) is 78.1 Å². The van der Waals surface area contributed by atoms with Gasteiger partial charge in [-0.15, -0.1) is 0 Å². The van der Waals surface area contributed by atoms with Gasteiger partial charge in [0.05, 0.1) is 0 Å². The Bertz CT molecular complexity index is 234. The van der Waals surface area contributed by atoms with Crippen molar-refractivity contribution in [3.05, 3.63) is 11.6 Å². The van der Waals surface area contributed by atoms with Gasteiger partial charge in [-0.2, -0.15) is 0 Å². The van der Waals surface area contributed by atoms with E-state index in [-0.39, 0.29) is 40.6 Å². The van der Waals surface area contributed by atoms with Crippen LogP contribution in [0, 0.1) is 0 Å². The van der Waals surface area contributed by atoms with Crippen molar-refractivity contribution in [3.63, 3.8) is 0 Å². The van der Waals surface area contributed by atoms with Gasteiger partial charge in [0.25, 0.3) is 0 Å². The number of aliphatic carboxylic acids is 1. The second kappa shape index (κ2) is 15.5. The Kier molecular flexibility index (Phi) is 17.9. The Morgan fingerprint density at radius 2 is 1.56 bits per heavy atom. The van der Waals surface area contributed by atoms with Crippen LogP contribution in [-0.4, -0.2) is 48.8 Å². The molecule has 0 aliphatic rings. The fourth-order valence-electron chi connectivity index (χ4n) is 1.89. The summed E-state index contributed by atoms with van der Waals surface area (Å²) >= 11 is 0. The normalized spacial score (nSPS) is 11.1. The molecule has 0 aromatic rings. The van der Waals surface area contributed by atoms with Gasteiger partial charge in [0.1, 0.15) is 0 Å². The van der Waals surface area contributed by atoms with E-state index in [0.717, 1.165) is 32.1 Å². The molecule has 0 amide bonds. The minimum atomic E-state index is -0.725. The number of carboxylic acids is 1. The number of allylic oxidation sites excluding steroid dienone is 1. The van der Waals surface area contributed by atoms with Gasteiger partial charge in [-0.1, -0.05) is 58.4 Å².